The number of nitrogens with zero attached hydrogens (tertiary/aromatic N) is 2. The van der Waals surface area contributed by atoms with Crippen molar-refractivity contribution in [1.29, 1.82) is 0 Å². The molecule has 0 spiro atoms. The highest BCUT2D eigenvalue weighted by atomic mass is 16.5. The Bertz CT molecular complexity index is 783. The summed E-state index contributed by atoms with van der Waals surface area (Å²) in [4.78, 5) is 0. The van der Waals surface area contributed by atoms with Gasteiger partial charge in [-0.3, -0.25) is 0 Å². The van der Waals surface area contributed by atoms with Gasteiger partial charge in [-0.15, -0.1) is 10.2 Å². The van der Waals surface area contributed by atoms with Gasteiger partial charge < -0.3 is 14.5 Å². The lowest BCUT2D eigenvalue weighted by molar-refractivity contribution is 0.413. The number of methoxy groups -OCH3 is 1. The predicted molar refractivity (Wildman–Crippen MR) is 89.4 cm³/mol. The first-order valence-corrected chi connectivity index (χ1v) is 7.59. The lowest BCUT2D eigenvalue weighted by Gasteiger charge is -2.08. The first kappa shape index (κ1) is 15.1. The van der Waals surface area contributed by atoms with E-state index in [1.807, 2.05) is 36.4 Å². The van der Waals surface area contributed by atoms with E-state index in [-0.39, 0.29) is 0 Å². The molecule has 23 heavy (non-hydrogen) atoms. The SMILES string of the molecule is CCc1ccccc1NCc1nnc(-c2ccccc2OC)o1. The zero-order valence-electron chi connectivity index (χ0n) is 13.2. The molecule has 1 heterocycles. The lowest BCUT2D eigenvalue weighted by Crippen LogP contribution is -2.02. The van der Waals surface area contributed by atoms with E-state index in [0.29, 0.717) is 24.1 Å². The molecule has 0 unspecified atom stereocenters. The molecule has 0 aliphatic heterocycles. The Hall–Kier alpha value is -2.82. The van der Waals surface area contributed by atoms with Crippen molar-refractivity contribution < 1.29 is 9.15 Å². The smallest absolute Gasteiger partial charge is 0.251 e. The van der Waals surface area contributed by atoms with Crippen LogP contribution in [0.3, 0.4) is 0 Å². The third-order valence-electron chi connectivity index (χ3n) is 3.63. The molecule has 0 saturated heterocycles. The molecule has 5 nitrogen and oxygen atoms in total. The molecule has 1 N–H and O–H groups in total. The first-order valence-electron chi connectivity index (χ1n) is 7.59. The van der Waals surface area contributed by atoms with E-state index in [1.165, 1.54) is 5.56 Å². The third kappa shape index (κ3) is 3.34. The summed E-state index contributed by atoms with van der Waals surface area (Å²) in [6.45, 7) is 2.62. The summed E-state index contributed by atoms with van der Waals surface area (Å²) in [7, 11) is 1.62. The average Bonchev–Trinajstić information content (AvgIpc) is 3.09. The number of benzene rings is 2. The molecule has 0 fully saturated rings. The van der Waals surface area contributed by atoms with Crippen molar-refractivity contribution in [1.82, 2.24) is 10.2 Å². The monoisotopic (exact) mass is 309 g/mol. The van der Waals surface area contributed by atoms with Crippen LogP contribution >= 0.6 is 0 Å². The number of nitrogens with one attached hydrogen (secondary N) is 1. The molecule has 118 valence electrons. The number of para-hydroxylation sites is 2. The maximum absolute atomic E-state index is 5.74. The van der Waals surface area contributed by atoms with Crippen LogP contribution in [0.4, 0.5) is 5.69 Å². The van der Waals surface area contributed by atoms with Gasteiger partial charge in [-0.1, -0.05) is 37.3 Å². The van der Waals surface area contributed by atoms with Crippen molar-refractivity contribution in [2.24, 2.45) is 0 Å². The van der Waals surface area contributed by atoms with Crippen molar-refractivity contribution >= 4 is 5.69 Å². The van der Waals surface area contributed by atoms with Gasteiger partial charge in [0.1, 0.15) is 5.75 Å². The van der Waals surface area contributed by atoms with Crippen LogP contribution in [0, 0.1) is 0 Å². The Morgan fingerprint density at radius 1 is 1.04 bits per heavy atom. The Kier molecular flexibility index (Phi) is 4.57. The van der Waals surface area contributed by atoms with Gasteiger partial charge in [0, 0.05) is 5.69 Å². The van der Waals surface area contributed by atoms with Gasteiger partial charge in [-0.05, 0) is 30.2 Å². The largest absolute Gasteiger partial charge is 0.496 e. The number of ether oxygens (including phenoxy) is 1. The van der Waals surface area contributed by atoms with Gasteiger partial charge in [-0.25, -0.2) is 0 Å². The Balaban J connectivity index is 1.75. The van der Waals surface area contributed by atoms with Gasteiger partial charge in [0.25, 0.3) is 5.89 Å². The topological polar surface area (TPSA) is 60.2 Å². The molecule has 2 aromatic carbocycles. The fraction of sp³-hybridized carbons (Fsp3) is 0.222. The second-order valence-corrected chi connectivity index (χ2v) is 5.07. The summed E-state index contributed by atoms with van der Waals surface area (Å²) in [5.41, 5.74) is 3.15. The van der Waals surface area contributed by atoms with Crippen molar-refractivity contribution in [3.63, 3.8) is 0 Å². The van der Waals surface area contributed by atoms with Crippen LogP contribution in [0.1, 0.15) is 18.4 Å². The maximum atomic E-state index is 5.74. The highest BCUT2D eigenvalue weighted by Gasteiger charge is 2.13. The van der Waals surface area contributed by atoms with E-state index >= 15 is 0 Å². The minimum Gasteiger partial charge on any atom is -0.496 e. The second-order valence-electron chi connectivity index (χ2n) is 5.07. The summed E-state index contributed by atoms with van der Waals surface area (Å²) >= 11 is 0. The van der Waals surface area contributed by atoms with Crippen LogP contribution in [-0.4, -0.2) is 17.3 Å². The van der Waals surface area contributed by atoms with E-state index < -0.39 is 0 Å². The Morgan fingerprint density at radius 2 is 1.83 bits per heavy atom. The first-order chi connectivity index (χ1) is 11.3. The minimum absolute atomic E-state index is 0.461. The summed E-state index contributed by atoms with van der Waals surface area (Å²) in [6.07, 6.45) is 0.972. The fourth-order valence-corrected chi connectivity index (χ4v) is 2.43. The van der Waals surface area contributed by atoms with E-state index in [1.54, 1.807) is 7.11 Å². The third-order valence-corrected chi connectivity index (χ3v) is 3.63. The normalized spacial score (nSPS) is 10.5. The molecule has 0 saturated carbocycles. The molecule has 0 atom stereocenters. The molecular formula is C18H19N3O2. The minimum atomic E-state index is 0.461. The molecule has 0 aliphatic rings. The highest BCUT2D eigenvalue weighted by molar-refractivity contribution is 5.62. The summed E-state index contributed by atoms with van der Waals surface area (Å²) in [6, 6.07) is 15.8. The molecule has 3 aromatic rings. The summed E-state index contributed by atoms with van der Waals surface area (Å²) in [5, 5.41) is 11.6. The van der Waals surface area contributed by atoms with Crippen LogP contribution in [0.5, 0.6) is 5.75 Å². The average molecular weight is 309 g/mol. The van der Waals surface area contributed by atoms with Gasteiger partial charge in [0.15, 0.2) is 0 Å². The Labute approximate surface area is 135 Å². The van der Waals surface area contributed by atoms with Crippen LogP contribution in [0.2, 0.25) is 0 Å². The van der Waals surface area contributed by atoms with Gasteiger partial charge in [0.05, 0.1) is 19.2 Å². The highest BCUT2D eigenvalue weighted by Crippen LogP contribution is 2.28. The molecule has 5 heteroatoms. The molecule has 1 aromatic heterocycles. The van der Waals surface area contributed by atoms with Crippen LogP contribution in [0.15, 0.2) is 52.9 Å². The van der Waals surface area contributed by atoms with Crippen molar-refractivity contribution in [3.8, 4) is 17.2 Å². The number of anilines is 1. The number of hydrogen-bond donors (Lipinski definition) is 1. The van der Waals surface area contributed by atoms with Crippen molar-refractivity contribution in [3.05, 3.63) is 60.0 Å². The number of rotatable bonds is 6. The molecule has 0 radical (unpaired) electrons. The summed E-state index contributed by atoms with van der Waals surface area (Å²) < 4.78 is 11.1. The van der Waals surface area contributed by atoms with E-state index in [0.717, 1.165) is 17.7 Å². The van der Waals surface area contributed by atoms with E-state index in [2.05, 4.69) is 34.6 Å². The molecular weight excluding hydrogens is 290 g/mol. The van der Waals surface area contributed by atoms with Crippen LogP contribution < -0.4 is 10.1 Å². The number of hydrogen-bond acceptors (Lipinski definition) is 5. The molecule has 0 amide bonds. The zero-order valence-corrected chi connectivity index (χ0v) is 13.2. The van der Waals surface area contributed by atoms with Gasteiger partial charge in [-0.2, -0.15) is 0 Å². The van der Waals surface area contributed by atoms with Gasteiger partial charge >= 0.3 is 0 Å². The van der Waals surface area contributed by atoms with E-state index in [4.69, 9.17) is 9.15 Å². The zero-order chi connectivity index (χ0) is 16.1. The molecule has 0 aliphatic carbocycles. The quantitative estimate of drug-likeness (QED) is 0.748. The van der Waals surface area contributed by atoms with Crippen molar-refractivity contribution in [2.45, 2.75) is 19.9 Å². The van der Waals surface area contributed by atoms with Crippen molar-refractivity contribution in [2.75, 3.05) is 12.4 Å². The lowest BCUT2D eigenvalue weighted by atomic mass is 10.1. The van der Waals surface area contributed by atoms with Crippen LogP contribution in [-0.2, 0) is 13.0 Å². The maximum Gasteiger partial charge on any atom is 0.251 e. The fourth-order valence-electron chi connectivity index (χ4n) is 2.43. The van der Waals surface area contributed by atoms with E-state index in [9.17, 15) is 0 Å². The summed E-state index contributed by atoms with van der Waals surface area (Å²) in [5.74, 6) is 1.71. The standard InChI is InChI=1S/C18H19N3O2/c1-3-13-8-4-6-10-15(13)19-12-17-20-21-18(23-17)14-9-5-7-11-16(14)22-2/h4-11,19H,3,12H2,1-2H3. The van der Waals surface area contributed by atoms with Crippen LogP contribution in [0.25, 0.3) is 11.5 Å². The predicted octanol–water partition coefficient (Wildman–Crippen LogP) is 3.92. The second kappa shape index (κ2) is 6.96. The number of aromatic nitrogens is 2. The molecule has 3 rings (SSSR count). The van der Waals surface area contributed by atoms with Gasteiger partial charge in [0.2, 0.25) is 5.89 Å². The number of aryl methyl sites for hydroxylation is 1. The Morgan fingerprint density at radius 3 is 2.65 bits per heavy atom. The molecule has 0 bridgehead atoms.